The van der Waals surface area contributed by atoms with Crippen LogP contribution in [0.2, 0.25) is 0 Å². The zero-order valence-corrected chi connectivity index (χ0v) is 15.5. The van der Waals surface area contributed by atoms with Gasteiger partial charge in [-0.25, -0.2) is 8.42 Å². The Labute approximate surface area is 154 Å². The molecule has 2 heterocycles. The number of para-hydroxylation sites is 2. The van der Waals surface area contributed by atoms with Gasteiger partial charge in [-0.15, -0.1) is 11.3 Å². The maximum Gasteiger partial charge on any atom is 0.260 e. The number of sulfonamides is 1. The summed E-state index contributed by atoms with van der Waals surface area (Å²) >= 11 is 1.08. The number of likely N-dealkylation sites (N-methyl/N-ethyl adjacent to an activating group) is 1. The highest BCUT2D eigenvalue weighted by molar-refractivity contribution is 7.91. The van der Waals surface area contributed by atoms with Gasteiger partial charge in [0.25, 0.3) is 15.9 Å². The van der Waals surface area contributed by atoms with Crippen LogP contribution in [0.3, 0.4) is 0 Å². The van der Waals surface area contributed by atoms with Crippen LogP contribution in [-0.2, 0) is 19.6 Å². The molecule has 26 heavy (non-hydrogen) atoms. The number of carbonyl (C=O) groups excluding carboxylic acids is 2. The van der Waals surface area contributed by atoms with Gasteiger partial charge in [-0.05, 0) is 23.6 Å². The third kappa shape index (κ3) is 3.43. The van der Waals surface area contributed by atoms with Crippen LogP contribution in [-0.4, -0.2) is 50.8 Å². The Kier molecular flexibility index (Phi) is 4.99. The van der Waals surface area contributed by atoms with E-state index in [1.807, 2.05) is 0 Å². The minimum Gasteiger partial charge on any atom is -0.477 e. The summed E-state index contributed by atoms with van der Waals surface area (Å²) in [6.07, 6.45) is -0.993. The highest BCUT2D eigenvalue weighted by Gasteiger charge is 2.34. The Bertz CT molecular complexity index is 927. The second-order valence-electron chi connectivity index (χ2n) is 5.67. The molecular weight excluding hydrogens is 378 g/mol. The van der Waals surface area contributed by atoms with E-state index in [2.05, 4.69) is 0 Å². The van der Waals surface area contributed by atoms with Crippen molar-refractivity contribution in [1.82, 2.24) is 4.31 Å². The maximum absolute atomic E-state index is 12.8. The molecule has 2 N–H and O–H groups in total. The number of anilines is 1. The normalized spacial score (nSPS) is 16.8. The zero-order chi connectivity index (χ0) is 18.9. The van der Waals surface area contributed by atoms with Crippen molar-refractivity contribution in [3.05, 3.63) is 41.8 Å². The summed E-state index contributed by atoms with van der Waals surface area (Å²) in [6.45, 7) is -0.446. The van der Waals surface area contributed by atoms with E-state index in [0.29, 0.717) is 11.4 Å². The van der Waals surface area contributed by atoms with Gasteiger partial charge in [0, 0.05) is 7.05 Å². The van der Waals surface area contributed by atoms with Crippen molar-refractivity contribution in [2.75, 3.05) is 25.0 Å². The number of primary amides is 1. The number of amides is 2. The Balaban J connectivity index is 1.84. The maximum atomic E-state index is 12.8. The number of carbonyl (C=O) groups is 2. The van der Waals surface area contributed by atoms with Crippen LogP contribution in [0.4, 0.5) is 5.69 Å². The van der Waals surface area contributed by atoms with Gasteiger partial charge in [-0.2, -0.15) is 4.31 Å². The van der Waals surface area contributed by atoms with E-state index >= 15 is 0 Å². The van der Waals surface area contributed by atoms with Crippen molar-refractivity contribution in [3.63, 3.8) is 0 Å². The number of hydrogen-bond donors (Lipinski definition) is 1. The van der Waals surface area contributed by atoms with Crippen molar-refractivity contribution < 1.29 is 22.7 Å². The quantitative estimate of drug-likeness (QED) is 0.799. The van der Waals surface area contributed by atoms with Gasteiger partial charge in [0.05, 0.1) is 18.8 Å². The molecule has 0 bridgehead atoms. The van der Waals surface area contributed by atoms with Crippen LogP contribution in [0.5, 0.6) is 5.75 Å². The van der Waals surface area contributed by atoms with E-state index in [-0.39, 0.29) is 17.3 Å². The fourth-order valence-corrected chi connectivity index (χ4v) is 4.86. The first-order chi connectivity index (χ1) is 12.3. The molecule has 0 saturated heterocycles. The van der Waals surface area contributed by atoms with Gasteiger partial charge < -0.3 is 15.4 Å². The van der Waals surface area contributed by atoms with E-state index in [9.17, 15) is 18.0 Å². The largest absolute Gasteiger partial charge is 0.477 e. The lowest BCUT2D eigenvalue weighted by Crippen LogP contribution is -2.51. The van der Waals surface area contributed by atoms with Crippen LogP contribution in [0, 0.1) is 0 Å². The Hall–Kier alpha value is -2.43. The van der Waals surface area contributed by atoms with Crippen LogP contribution in [0.1, 0.15) is 0 Å². The molecular formula is C16H17N3O5S2. The van der Waals surface area contributed by atoms with Crippen molar-refractivity contribution in [2.45, 2.75) is 10.3 Å². The molecule has 0 aliphatic carbocycles. The van der Waals surface area contributed by atoms with Crippen molar-refractivity contribution in [3.8, 4) is 5.75 Å². The van der Waals surface area contributed by atoms with Crippen LogP contribution in [0.15, 0.2) is 46.0 Å². The van der Waals surface area contributed by atoms with Gasteiger partial charge in [0.1, 0.15) is 9.96 Å². The van der Waals surface area contributed by atoms with Crippen molar-refractivity contribution in [1.29, 1.82) is 0 Å². The smallest absolute Gasteiger partial charge is 0.260 e. The number of nitrogens with zero attached hydrogens (tertiary/aromatic N) is 2. The number of nitrogens with two attached hydrogens (primary N) is 1. The summed E-state index contributed by atoms with van der Waals surface area (Å²) in [5.74, 6) is -0.828. The highest BCUT2D eigenvalue weighted by atomic mass is 32.2. The van der Waals surface area contributed by atoms with E-state index in [4.69, 9.17) is 10.5 Å². The first-order valence-corrected chi connectivity index (χ1v) is 9.98. The summed E-state index contributed by atoms with van der Waals surface area (Å²) in [7, 11) is -2.42. The van der Waals surface area contributed by atoms with Crippen LogP contribution >= 0.6 is 11.3 Å². The lowest BCUT2D eigenvalue weighted by Gasteiger charge is -2.34. The lowest BCUT2D eigenvalue weighted by atomic mass is 10.1. The molecule has 1 aliphatic rings. The summed E-state index contributed by atoms with van der Waals surface area (Å²) in [4.78, 5) is 25.6. The summed E-state index contributed by atoms with van der Waals surface area (Å²) < 4.78 is 31.6. The average molecular weight is 395 g/mol. The Morgan fingerprint density at radius 2 is 2.04 bits per heavy atom. The number of fused-ring (bicyclic) bond motifs is 1. The minimum atomic E-state index is -3.76. The number of hydrogen-bond acceptors (Lipinski definition) is 6. The second kappa shape index (κ2) is 7.06. The molecule has 2 amide bonds. The molecule has 10 heteroatoms. The molecule has 0 spiro atoms. The van der Waals surface area contributed by atoms with Crippen LogP contribution in [0.25, 0.3) is 0 Å². The third-order valence-electron chi connectivity index (χ3n) is 3.91. The molecule has 1 aromatic heterocycles. The molecule has 0 radical (unpaired) electrons. The predicted octanol–water partition coefficient (Wildman–Crippen LogP) is 0.648. The first-order valence-electron chi connectivity index (χ1n) is 7.66. The van der Waals surface area contributed by atoms with Crippen LogP contribution < -0.4 is 15.4 Å². The minimum absolute atomic E-state index is 0.0714. The highest BCUT2D eigenvalue weighted by Crippen LogP contribution is 2.33. The third-order valence-corrected chi connectivity index (χ3v) is 7.09. The number of ether oxygens (including phenoxy) is 1. The molecule has 1 aliphatic heterocycles. The van der Waals surface area contributed by atoms with Gasteiger partial charge in [-0.1, -0.05) is 18.2 Å². The molecule has 2 aromatic rings. The molecule has 1 aromatic carbocycles. The predicted molar refractivity (Wildman–Crippen MR) is 96.5 cm³/mol. The molecule has 0 fully saturated rings. The lowest BCUT2D eigenvalue weighted by molar-refractivity contribution is -0.125. The van der Waals surface area contributed by atoms with E-state index in [1.165, 1.54) is 18.0 Å². The van der Waals surface area contributed by atoms with E-state index in [1.54, 1.807) is 35.7 Å². The molecule has 8 nitrogen and oxygen atoms in total. The first kappa shape index (κ1) is 18.4. The Morgan fingerprint density at radius 3 is 2.69 bits per heavy atom. The van der Waals surface area contributed by atoms with E-state index < -0.39 is 27.9 Å². The number of rotatable bonds is 5. The topological polar surface area (TPSA) is 110 Å². The fourth-order valence-electron chi connectivity index (χ4n) is 2.54. The summed E-state index contributed by atoms with van der Waals surface area (Å²) in [5, 5.41) is 1.65. The molecule has 3 rings (SSSR count). The second-order valence-corrected chi connectivity index (χ2v) is 8.89. The molecule has 0 saturated carbocycles. The van der Waals surface area contributed by atoms with Crippen molar-refractivity contribution in [2.24, 2.45) is 5.73 Å². The zero-order valence-electron chi connectivity index (χ0n) is 13.9. The molecule has 0 unspecified atom stereocenters. The van der Waals surface area contributed by atoms with Gasteiger partial charge in [0.2, 0.25) is 5.91 Å². The van der Waals surface area contributed by atoms with E-state index in [0.717, 1.165) is 15.6 Å². The summed E-state index contributed by atoms with van der Waals surface area (Å²) in [5.41, 5.74) is 5.78. The number of thiophene rings is 1. The molecule has 138 valence electrons. The summed E-state index contributed by atoms with van der Waals surface area (Å²) in [6, 6.07) is 9.82. The van der Waals surface area contributed by atoms with Gasteiger partial charge in [-0.3, -0.25) is 9.59 Å². The standard InChI is InChI=1S/C16H17N3O5S2/c1-18(26(22,23)15-7-4-8-25-15)10-14(20)19-9-13(16(17)21)24-12-6-3-2-5-11(12)19/h2-8,13H,9-10H2,1H3,(H2,17,21)/t13-/m0/s1. The fraction of sp³-hybridized carbons (Fsp3) is 0.250. The monoisotopic (exact) mass is 395 g/mol. The number of benzene rings is 1. The van der Waals surface area contributed by atoms with Crippen molar-refractivity contribution >= 4 is 38.9 Å². The SMILES string of the molecule is CN(CC(=O)N1C[C@@H](C(N)=O)Oc2ccccc21)S(=O)(=O)c1cccs1. The Morgan fingerprint density at radius 1 is 1.31 bits per heavy atom. The molecule has 1 atom stereocenters. The van der Waals surface area contributed by atoms with Gasteiger partial charge in [0.15, 0.2) is 6.10 Å². The van der Waals surface area contributed by atoms with Gasteiger partial charge >= 0.3 is 0 Å². The average Bonchev–Trinajstić information content (AvgIpc) is 3.16.